The average Bonchev–Trinajstić information content (AvgIpc) is 2.90. The number of carbonyl (C=O) groups excluding carboxylic acids is 1. The van der Waals surface area contributed by atoms with Gasteiger partial charge in [-0.15, -0.1) is 0 Å². The van der Waals surface area contributed by atoms with Crippen molar-refractivity contribution in [1.82, 2.24) is 4.98 Å². The number of benzene rings is 1. The monoisotopic (exact) mass is 253 g/mol. The standard InChI is InChI=1S/C15H11NOS/c1-10-8-13(15(17)11-6-7-18-9-11)12-4-2-3-5-14(12)16-10/h2-9H,1H3. The Hall–Kier alpha value is -2.00. The maximum absolute atomic E-state index is 12.5. The molecule has 3 heteroatoms. The minimum atomic E-state index is 0.0675. The molecule has 0 fully saturated rings. The number of pyridine rings is 1. The molecular formula is C15H11NOS. The summed E-state index contributed by atoms with van der Waals surface area (Å²) in [5.74, 6) is 0.0675. The Morgan fingerprint density at radius 2 is 2.06 bits per heavy atom. The van der Waals surface area contributed by atoms with Gasteiger partial charge in [-0.2, -0.15) is 11.3 Å². The van der Waals surface area contributed by atoms with Crippen LogP contribution in [0.2, 0.25) is 0 Å². The van der Waals surface area contributed by atoms with Crippen molar-refractivity contribution in [3.8, 4) is 0 Å². The van der Waals surface area contributed by atoms with E-state index in [-0.39, 0.29) is 5.78 Å². The zero-order chi connectivity index (χ0) is 12.5. The molecule has 0 radical (unpaired) electrons. The topological polar surface area (TPSA) is 30.0 Å². The number of ketones is 1. The minimum Gasteiger partial charge on any atom is -0.289 e. The molecule has 3 rings (SSSR count). The molecule has 0 bridgehead atoms. The van der Waals surface area contributed by atoms with E-state index in [0.29, 0.717) is 0 Å². The molecule has 0 unspecified atom stereocenters. The van der Waals surface area contributed by atoms with Crippen LogP contribution in [-0.4, -0.2) is 10.8 Å². The van der Waals surface area contributed by atoms with E-state index in [9.17, 15) is 4.79 Å². The van der Waals surface area contributed by atoms with Gasteiger partial charge < -0.3 is 0 Å². The van der Waals surface area contributed by atoms with E-state index in [2.05, 4.69) is 4.98 Å². The second kappa shape index (κ2) is 4.35. The van der Waals surface area contributed by atoms with E-state index < -0.39 is 0 Å². The minimum absolute atomic E-state index is 0.0675. The second-order valence-electron chi connectivity index (χ2n) is 4.17. The lowest BCUT2D eigenvalue weighted by molar-refractivity contribution is 0.104. The Balaban J connectivity index is 2.25. The highest BCUT2D eigenvalue weighted by Gasteiger charge is 2.13. The molecule has 18 heavy (non-hydrogen) atoms. The quantitative estimate of drug-likeness (QED) is 0.649. The number of hydrogen-bond acceptors (Lipinski definition) is 3. The third-order valence-electron chi connectivity index (χ3n) is 2.87. The van der Waals surface area contributed by atoms with Crippen LogP contribution in [0.15, 0.2) is 47.2 Å². The van der Waals surface area contributed by atoms with Gasteiger partial charge in [0.15, 0.2) is 5.78 Å². The molecule has 0 saturated carbocycles. The number of rotatable bonds is 2. The van der Waals surface area contributed by atoms with Crippen LogP contribution in [0, 0.1) is 6.92 Å². The maximum Gasteiger partial charge on any atom is 0.194 e. The molecule has 0 aliphatic rings. The first-order chi connectivity index (χ1) is 8.75. The van der Waals surface area contributed by atoms with Gasteiger partial charge in [0.25, 0.3) is 0 Å². The molecule has 0 spiro atoms. The van der Waals surface area contributed by atoms with Crippen LogP contribution in [-0.2, 0) is 0 Å². The van der Waals surface area contributed by atoms with E-state index in [1.54, 1.807) is 0 Å². The molecular weight excluding hydrogens is 242 g/mol. The summed E-state index contributed by atoms with van der Waals surface area (Å²) in [7, 11) is 0. The molecule has 0 amide bonds. The van der Waals surface area contributed by atoms with Crippen LogP contribution in [0.4, 0.5) is 0 Å². The lowest BCUT2D eigenvalue weighted by Crippen LogP contribution is -2.02. The molecule has 0 aliphatic heterocycles. The summed E-state index contributed by atoms with van der Waals surface area (Å²) in [5.41, 5.74) is 3.22. The van der Waals surface area contributed by atoms with Crippen molar-refractivity contribution in [2.75, 3.05) is 0 Å². The van der Waals surface area contributed by atoms with Gasteiger partial charge in [0.05, 0.1) is 5.52 Å². The van der Waals surface area contributed by atoms with E-state index in [4.69, 9.17) is 0 Å². The van der Waals surface area contributed by atoms with Crippen LogP contribution in [0.25, 0.3) is 10.9 Å². The Labute approximate surface area is 109 Å². The van der Waals surface area contributed by atoms with E-state index in [1.165, 1.54) is 11.3 Å². The summed E-state index contributed by atoms with van der Waals surface area (Å²) in [4.78, 5) is 16.9. The highest BCUT2D eigenvalue weighted by Crippen LogP contribution is 2.22. The summed E-state index contributed by atoms with van der Waals surface area (Å²) in [6, 6.07) is 11.5. The predicted molar refractivity (Wildman–Crippen MR) is 74.2 cm³/mol. The molecule has 0 aliphatic carbocycles. The van der Waals surface area contributed by atoms with Crippen LogP contribution >= 0.6 is 11.3 Å². The number of para-hydroxylation sites is 1. The van der Waals surface area contributed by atoms with Gasteiger partial charge in [0.1, 0.15) is 0 Å². The van der Waals surface area contributed by atoms with Crippen LogP contribution < -0.4 is 0 Å². The third kappa shape index (κ3) is 1.83. The SMILES string of the molecule is Cc1cc(C(=O)c2ccsc2)c2ccccc2n1. The summed E-state index contributed by atoms with van der Waals surface area (Å²) in [5, 5.41) is 4.72. The number of fused-ring (bicyclic) bond motifs is 1. The summed E-state index contributed by atoms with van der Waals surface area (Å²) < 4.78 is 0. The van der Waals surface area contributed by atoms with Crippen molar-refractivity contribution < 1.29 is 4.79 Å². The van der Waals surface area contributed by atoms with E-state index in [0.717, 1.165) is 27.7 Å². The van der Waals surface area contributed by atoms with Crippen molar-refractivity contribution in [2.24, 2.45) is 0 Å². The van der Waals surface area contributed by atoms with Crippen LogP contribution in [0.3, 0.4) is 0 Å². The number of hydrogen-bond donors (Lipinski definition) is 0. The van der Waals surface area contributed by atoms with Crippen LogP contribution in [0.5, 0.6) is 0 Å². The zero-order valence-corrected chi connectivity index (χ0v) is 10.7. The Morgan fingerprint density at radius 3 is 2.83 bits per heavy atom. The molecule has 2 aromatic heterocycles. The van der Waals surface area contributed by atoms with Gasteiger partial charge in [0.2, 0.25) is 0 Å². The Morgan fingerprint density at radius 1 is 1.22 bits per heavy atom. The highest BCUT2D eigenvalue weighted by atomic mass is 32.1. The van der Waals surface area contributed by atoms with Gasteiger partial charge in [-0.25, -0.2) is 0 Å². The Bertz CT molecular complexity index is 716. The van der Waals surface area contributed by atoms with E-state index in [1.807, 2.05) is 54.1 Å². The maximum atomic E-state index is 12.5. The number of nitrogens with zero attached hydrogens (tertiary/aromatic N) is 1. The molecule has 3 aromatic rings. The van der Waals surface area contributed by atoms with Gasteiger partial charge in [-0.1, -0.05) is 18.2 Å². The summed E-state index contributed by atoms with van der Waals surface area (Å²) >= 11 is 1.54. The molecule has 2 heterocycles. The largest absolute Gasteiger partial charge is 0.289 e. The summed E-state index contributed by atoms with van der Waals surface area (Å²) in [6.45, 7) is 1.91. The van der Waals surface area contributed by atoms with Gasteiger partial charge >= 0.3 is 0 Å². The number of carbonyl (C=O) groups is 1. The first-order valence-electron chi connectivity index (χ1n) is 5.69. The lowest BCUT2D eigenvalue weighted by atomic mass is 10.0. The fraction of sp³-hybridized carbons (Fsp3) is 0.0667. The predicted octanol–water partition coefficient (Wildman–Crippen LogP) is 3.84. The fourth-order valence-corrected chi connectivity index (χ4v) is 2.68. The van der Waals surface area contributed by atoms with Gasteiger partial charge in [0, 0.05) is 27.6 Å². The molecule has 0 atom stereocenters. The van der Waals surface area contributed by atoms with Crippen molar-refractivity contribution >= 4 is 28.0 Å². The number of aromatic nitrogens is 1. The van der Waals surface area contributed by atoms with Crippen molar-refractivity contribution in [1.29, 1.82) is 0 Å². The van der Waals surface area contributed by atoms with Crippen molar-refractivity contribution in [3.63, 3.8) is 0 Å². The second-order valence-corrected chi connectivity index (χ2v) is 4.95. The molecule has 88 valence electrons. The number of thiophene rings is 1. The first-order valence-corrected chi connectivity index (χ1v) is 6.63. The van der Waals surface area contributed by atoms with Gasteiger partial charge in [-0.05, 0) is 30.5 Å². The van der Waals surface area contributed by atoms with Crippen molar-refractivity contribution in [2.45, 2.75) is 6.92 Å². The zero-order valence-electron chi connectivity index (χ0n) is 9.88. The summed E-state index contributed by atoms with van der Waals surface area (Å²) in [6.07, 6.45) is 0. The van der Waals surface area contributed by atoms with Gasteiger partial charge in [-0.3, -0.25) is 9.78 Å². The molecule has 1 aromatic carbocycles. The third-order valence-corrected chi connectivity index (χ3v) is 3.56. The molecule has 0 N–H and O–H groups in total. The average molecular weight is 253 g/mol. The highest BCUT2D eigenvalue weighted by molar-refractivity contribution is 7.08. The molecule has 0 saturated heterocycles. The first kappa shape index (κ1) is 11.1. The van der Waals surface area contributed by atoms with Crippen molar-refractivity contribution in [3.05, 3.63) is 64.0 Å². The molecule has 2 nitrogen and oxygen atoms in total. The normalized spacial score (nSPS) is 10.7. The van der Waals surface area contributed by atoms with Crippen LogP contribution in [0.1, 0.15) is 21.6 Å². The Kier molecular flexibility index (Phi) is 2.68. The van der Waals surface area contributed by atoms with E-state index >= 15 is 0 Å². The fourth-order valence-electron chi connectivity index (χ4n) is 2.04. The smallest absolute Gasteiger partial charge is 0.194 e. The lowest BCUT2D eigenvalue weighted by Gasteiger charge is -2.06. The number of aryl methyl sites for hydroxylation is 1.